The van der Waals surface area contributed by atoms with Gasteiger partial charge in [-0.2, -0.15) is 0 Å². The monoisotopic (exact) mass is 1190 g/mol. The van der Waals surface area contributed by atoms with E-state index in [2.05, 4.69) is 113 Å². The van der Waals surface area contributed by atoms with E-state index in [9.17, 15) is 19.2 Å². The van der Waals surface area contributed by atoms with E-state index in [-0.39, 0.29) is 84.3 Å². The number of benzene rings is 6. The van der Waals surface area contributed by atoms with Gasteiger partial charge in [0.15, 0.2) is 0 Å². The first-order valence-corrected chi connectivity index (χ1v) is 33.5. The Bertz CT molecular complexity index is 3030. The Kier molecular flexibility index (Phi) is 21.7. The number of amides is 2. The van der Waals surface area contributed by atoms with Crippen molar-refractivity contribution in [3.8, 4) is 23.0 Å². The topological polar surface area (TPSA) is 129 Å². The molecule has 10 rings (SSSR count). The Morgan fingerprint density at radius 3 is 1.14 bits per heavy atom. The lowest BCUT2D eigenvalue weighted by molar-refractivity contribution is -0.156. The number of nitrogens with one attached hydrogen (secondary N) is 2. The highest BCUT2D eigenvalue weighted by Crippen LogP contribution is 2.48. The summed E-state index contributed by atoms with van der Waals surface area (Å²) in [6, 6.07) is 44.7. The highest BCUT2D eigenvalue weighted by atomic mass is 16.6. The van der Waals surface area contributed by atoms with E-state index in [1.54, 1.807) is 0 Å². The van der Waals surface area contributed by atoms with Gasteiger partial charge in [0, 0.05) is 58.3 Å². The third kappa shape index (κ3) is 17.4. The van der Waals surface area contributed by atoms with Crippen LogP contribution < -0.4 is 20.1 Å². The second-order valence-electron chi connectivity index (χ2n) is 27.9. The third-order valence-corrected chi connectivity index (χ3v) is 19.1. The smallest absolute Gasteiger partial charge is 0.306 e. The van der Waals surface area contributed by atoms with Crippen LogP contribution >= 0.6 is 0 Å². The van der Waals surface area contributed by atoms with Crippen LogP contribution in [0.3, 0.4) is 0 Å². The quantitative estimate of drug-likeness (QED) is 0.0542. The Morgan fingerprint density at radius 1 is 0.455 bits per heavy atom. The van der Waals surface area contributed by atoms with Gasteiger partial charge in [-0.05, 0) is 133 Å². The van der Waals surface area contributed by atoms with Crippen molar-refractivity contribution in [1.29, 1.82) is 0 Å². The van der Waals surface area contributed by atoms with Crippen LogP contribution in [0.4, 0.5) is 11.4 Å². The number of carbonyl (C=O) groups is 4. The lowest BCUT2D eigenvalue weighted by atomic mass is 9.83. The second-order valence-corrected chi connectivity index (χ2v) is 27.9. The van der Waals surface area contributed by atoms with Gasteiger partial charge in [-0.1, -0.05) is 216 Å². The first-order chi connectivity index (χ1) is 42.5. The Hall–Kier alpha value is -7.20. The normalized spacial score (nSPS) is 16.1. The molecule has 2 fully saturated rings. The highest BCUT2D eigenvalue weighted by molar-refractivity contribution is 5.94. The molecular formula is C78H96N2O8. The molecule has 0 aromatic heterocycles. The Balaban J connectivity index is 0.779. The third-order valence-electron chi connectivity index (χ3n) is 19.1. The molecule has 6 aromatic carbocycles. The largest absolute Gasteiger partial charge is 0.462 e. The highest BCUT2D eigenvalue weighted by Gasteiger charge is 2.32. The molecule has 0 radical (unpaired) electrons. The van der Waals surface area contributed by atoms with Gasteiger partial charge in [-0.25, -0.2) is 0 Å². The van der Waals surface area contributed by atoms with Gasteiger partial charge in [-0.15, -0.1) is 0 Å². The molecule has 2 N–H and O–H groups in total. The van der Waals surface area contributed by atoms with Crippen molar-refractivity contribution < 1.29 is 38.1 Å². The molecule has 2 saturated carbocycles. The van der Waals surface area contributed by atoms with Crippen LogP contribution in [0.1, 0.15) is 239 Å². The van der Waals surface area contributed by atoms with E-state index in [0.717, 1.165) is 117 Å². The maximum Gasteiger partial charge on any atom is 0.306 e. The lowest BCUT2D eigenvalue weighted by Gasteiger charge is -2.28. The molecule has 466 valence electrons. The van der Waals surface area contributed by atoms with Crippen molar-refractivity contribution in [2.75, 3.05) is 10.6 Å². The van der Waals surface area contributed by atoms with Crippen LogP contribution in [0, 0.1) is 11.8 Å². The van der Waals surface area contributed by atoms with Gasteiger partial charge in [0.1, 0.15) is 35.2 Å². The molecular weight excluding hydrogens is 1090 g/mol. The van der Waals surface area contributed by atoms with Gasteiger partial charge in [0.25, 0.3) is 0 Å². The van der Waals surface area contributed by atoms with Crippen LogP contribution in [0.25, 0.3) is 0 Å². The van der Waals surface area contributed by atoms with Gasteiger partial charge in [0.05, 0.1) is 12.8 Å². The molecule has 6 aromatic rings. The average molecular weight is 1190 g/mol. The lowest BCUT2D eigenvalue weighted by Crippen LogP contribution is -2.23. The van der Waals surface area contributed by atoms with Crippen molar-refractivity contribution in [3.05, 3.63) is 178 Å². The summed E-state index contributed by atoms with van der Waals surface area (Å²) < 4.78 is 25.2. The zero-order valence-electron chi connectivity index (χ0n) is 53.4. The van der Waals surface area contributed by atoms with Crippen molar-refractivity contribution in [1.82, 2.24) is 0 Å². The molecule has 2 atom stereocenters. The number of ether oxygens (including phenoxy) is 4. The number of esters is 2. The van der Waals surface area contributed by atoms with Crippen molar-refractivity contribution in [2.45, 2.75) is 231 Å². The Morgan fingerprint density at radius 2 is 0.795 bits per heavy atom. The summed E-state index contributed by atoms with van der Waals surface area (Å²) in [5.41, 5.74) is 9.36. The molecule has 4 aliphatic rings. The van der Waals surface area contributed by atoms with Gasteiger partial charge in [-0.3, -0.25) is 19.2 Å². The number of fused-ring (bicyclic) bond motifs is 4. The second kappa shape index (κ2) is 29.9. The van der Waals surface area contributed by atoms with Gasteiger partial charge < -0.3 is 29.6 Å². The average Bonchev–Trinajstić information content (AvgIpc) is 0.993. The molecule has 0 spiro atoms. The Labute approximate surface area is 524 Å². The molecule has 0 unspecified atom stereocenters. The minimum Gasteiger partial charge on any atom is -0.462 e. The molecule has 0 saturated heterocycles. The summed E-state index contributed by atoms with van der Waals surface area (Å²) in [5, 5.41) is 6.69. The SMILES string of the molecule is CC(C)(C)c1ccc(CC[C@H](CCCC2CCCCC2)OC(=O)CCC(=O)O[C@@H](CCCC2CCCCC2)CCc2ccc(C(C)(C)C)c(NC(=O)CC3c4ccccc4Oc4ccccc43)c2)cc1NC(=O)CC1c2ccccc2Oc2ccccc21. The number of hydrogen-bond acceptors (Lipinski definition) is 8. The van der Waals surface area contributed by atoms with Crippen molar-refractivity contribution >= 4 is 35.1 Å². The number of rotatable bonds is 25. The van der Waals surface area contributed by atoms with Crippen molar-refractivity contribution in [3.63, 3.8) is 0 Å². The number of anilines is 2. The fourth-order valence-electron chi connectivity index (χ4n) is 14.3. The van der Waals surface area contributed by atoms with Crippen LogP contribution in [0.5, 0.6) is 23.0 Å². The minimum atomic E-state index is -0.375. The van der Waals surface area contributed by atoms with E-state index in [1.165, 1.54) is 64.2 Å². The van der Waals surface area contributed by atoms with Gasteiger partial charge >= 0.3 is 11.9 Å². The van der Waals surface area contributed by atoms with Crippen LogP contribution in [-0.4, -0.2) is 36.0 Å². The molecule has 2 aliphatic heterocycles. The molecule has 10 heteroatoms. The maximum absolute atomic E-state index is 14.2. The standard InChI is InChI=1S/C78H96N2O8/c1-77(2,3)65-45-41-55(49-67(65)79-73(81)51-63-59-31-13-17-35-69(59)87-70-36-18-14-32-60(63)70)39-43-57(29-21-27-53-23-9-7-10-24-53)85-75(83)47-48-76(84)86-58(30-22-28-54-25-11-8-12-26-54)44-40-56-42-46-66(78(4,5)6)68(50-56)80-74(82)52-64-61-33-15-19-37-71(61)88-72-38-20-16-34-62(64)72/h13-20,31-38,41-42,45-46,49-50,53-54,57-58,63-64H,7-12,21-30,39-40,43-44,47-48,51-52H2,1-6H3,(H,79,81)(H,80,82)/t57-,58-/m0/s1. The molecule has 2 heterocycles. The van der Waals surface area contributed by atoms with E-state index >= 15 is 0 Å². The number of carbonyl (C=O) groups excluding carboxylic acids is 4. The molecule has 2 amide bonds. The number of hydrogen-bond donors (Lipinski definition) is 2. The maximum atomic E-state index is 14.2. The summed E-state index contributed by atoms with van der Waals surface area (Å²) in [7, 11) is 0. The first kappa shape index (κ1) is 63.8. The van der Waals surface area contributed by atoms with Gasteiger partial charge in [0.2, 0.25) is 11.8 Å². The summed E-state index contributed by atoms with van der Waals surface area (Å²) >= 11 is 0. The predicted octanol–water partition coefficient (Wildman–Crippen LogP) is 19.5. The number of aryl methyl sites for hydroxylation is 2. The van der Waals surface area contributed by atoms with E-state index < -0.39 is 0 Å². The van der Waals surface area contributed by atoms with E-state index in [4.69, 9.17) is 18.9 Å². The zero-order chi connectivity index (χ0) is 61.6. The predicted molar refractivity (Wildman–Crippen MR) is 353 cm³/mol. The number of para-hydroxylation sites is 4. The molecule has 2 aliphatic carbocycles. The first-order valence-electron chi connectivity index (χ1n) is 33.5. The molecule has 10 nitrogen and oxygen atoms in total. The van der Waals surface area contributed by atoms with Crippen LogP contribution in [-0.2, 0) is 52.3 Å². The fourth-order valence-corrected chi connectivity index (χ4v) is 14.3. The minimum absolute atomic E-state index is 0.0480. The van der Waals surface area contributed by atoms with Crippen molar-refractivity contribution in [2.24, 2.45) is 11.8 Å². The summed E-state index contributed by atoms with van der Waals surface area (Å²) in [5.74, 6) is 3.35. The van der Waals surface area contributed by atoms with E-state index in [1.807, 2.05) is 72.8 Å². The summed E-state index contributed by atoms with van der Waals surface area (Å²) in [6.07, 6.45) is 20.9. The van der Waals surface area contributed by atoms with Crippen LogP contribution in [0.2, 0.25) is 0 Å². The van der Waals surface area contributed by atoms with E-state index in [0.29, 0.717) is 37.5 Å². The molecule has 0 bridgehead atoms. The summed E-state index contributed by atoms with van der Waals surface area (Å²) in [6.45, 7) is 13.0. The zero-order valence-corrected chi connectivity index (χ0v) is 53.4. The van der Waals surface area contributed by atoms with Crippen LogP contribution in [0.15, 0.2) is 133 Å². The summed E-state index contributed by atoms with van der Waals surface area (Å²) in [4.78, 5) is 56.3. The molecule has 88 heavy (non-hydrogen) atoms. The fraction of sp³-hybridized carbons (Fsp3) is 0.487.